The zero-order chi connectivity index (χ0) is 13.8. The molecule has 0 saturated carbocycles. The largest absolute Gasteiger partial charge is 0.466 e. The summed E-state index contributed by atoms with van der Waals surface area (Å²) in [6, 6.07) is 5.06. The lowest BCUT2D eigenvalue weighted by atomic mass is 10.1. The molecule has 2 aromatic rings. The van der Waals surface area contributed by atoms with E-state index >= 15 is 0 Å². The predicted molar refractivity (Wildman–Crippen MR) is 68.8 cm³/mol. The van der Waals surface area contributed by atoms with Gasteiger partial charge in [-0.3, -0.25) is 4.79 Å². The molecule has 0 radical (unpaired) electrons. The molecule has 2 heterocycles. The number of amides is 1. The van der Waals surface area contributed by atoms with E-state index in [1.165, 1.54) is 6.26 Å². The topological polar surface area (TPSA) is 75.6 Å². The van der Waals surface area contributed by atoms with Gasteiger partial charge in [0, 0.05) is 12.1 Å². The lowest BCUT2D eigenvalue weighted by Crippen LogP contribution is -2.25. The van der Waals surface area contributed by atoms with E-state index in [1.54, 1.807) is 12.1 Å². The molecule has 0 aromatic carbocycles. The van der Waals surface area contributed by atoms with E-state index in [9.17, 15) is 9.90 Å². The highest BCUT2D eigenvalue weighted by atomic mass is 16.3. The molecule has 0 unspecified atom stereocenters. The second-order valence-corrected chi connectivity index (χ2v) is 4.41. The molecule has 19 heavy (non-hydrogen) atoms. The van der Waals surface area contributed by atoms with Crippen molar-refractivity contribution in [3.8, 4) is 0 Å². The monoisotopic (exact) mass is 263 g/mol. The van der Waals surface area contributed by atoms with Gasteiger partial charge in [-0.1, -0.05) is 0 Å². The van der Waals surface area contributed by atoms with Crippen molar-refractivity contribution < 1.29 is 18.7 Å². The van der Waals surface area contributed by atoms with Gasteiger partial charge in [0.25, 0.3) is 5.91 Å². The first kappa shape index (κ1) is 13.4. The van der Waals surface area contributed by atoms with Crippen molar-refractivity contribution in [2.45, 2.75) is 26.4 Å². The highest BCUT2D eigenvalue weighted by molar-refractivity contribution is 5.91. The highest BCUT2D eigenvalue weighted by Gasteiger charge is 2.15. The molecule has 0 saturated heterocycles. The number of aliphatic hydroxyl groups is 1. The van der Waals surface area contributed by atoms with Crippen molar-refractivity contribution >= 4 is 5.91 Å². The van der Waals surface area contributed by atoms with Gasteiger partial charge in [0.2, 0.25) is 0 Å². The summed E-state index contributed by atoms with van der Waals surface area (Å²) in [4.78, 5) is 11.6. The van der Waals surface area contributed by atoms with Crippen LogP contribution in [-0.2, 0) is 0 Å². The number of carbonyl (C=O) groups is 1. The van der Waals surface area contributed by atoms with Crippen molar-refractivity contribution in [2.75, 3.05) is 6.54 Å². The van der Waals surface area contributed by atoms with E-state index in [4.69, 9.17) is 8.83 Å². The fraction of sp³-hybridized carbons (Fsp3) is 0.357. The smallest absolute Gasteiger partial charge is 0.286 e. The first-order valence-corrected chi connectivity index (χ1v) is 6.14. The molecule has 0 aliphatic rings. The van der Waals surface area contributed by atoms with E-state index in [2.05, 4.69) is 5.32 Å². The number of hydrogen-bond acceptors (Lipinski definition) is 4. The normalized spacial score (nSPS) is 12.4. The minimum Gasteiger partial charge on any atom is -0.466 e. The van der Waals surface area contributed by atoms with Crippen LogP contribution in [0, 0.1) is 13.8 Å². The molecule has 0 bridgehead atoms. The van der Waals surface area contributed by atoms with Crippen molar-refractivity contribution in [2.24, 2.45) is 0 Å². The second kappa shape index (κ2) is 5.75. The maximum Gasteiger partial charge on any atom is 0.286 e. The summed E-state index contributed by atoms with van der Waals surface area (Å²) in [6.07, 6.45) is 1.22. The summed E-state index contributed by atoms with van der Waals surface area (Å²) in [6.45, 7) is 4.01. The average Bonchev–Trinajstić information content (AvgIpc) is 2.98. The summed E-state index contributed by atoms with van der Waals surface area (Å²) < 4.78 is 10.3. The van der Waals surface area contributed by atoms with Gasteiger partial charge in [0.05, 0.1) is 12.4 Å². The van der Waals surface area contributed by atoms with Crippen LogP contribution in [0.3, 0.4) is 0 Å². The van der Waals surface area contributed by atoms with Crippen LogP contribution < -0.4 is 5.32 Å². The van der Waals surface area contributed by atoms with Gasteiger partial charge in [-0.15, -0.1) is 0 Å². The fourth-order valence-corrected chi connectivity index (χ4v) is 1.95. The minimum atomic E-state index is -0.644. The molecule has 0 aliphatic carbocycles. The number of nitrogens with one attached hydrogen (secondary N) is 1. The Kier molecular flexibility index (Phi) is 4.06. The molecular formula is C14H17NO4. The maximum atomic E-state index is 11.6. The lowest BCUT2D eigenvalue weighted by molar-refractivity contribution is 0.0915. The van der Waals surface area contributed by atoms with Gasteiger partial charge in [-0.2, -0.15) is 0 Å². The van der Waals surface area contributed by atoms with Gasteiger partial charge in [0.1, 0.15) is 11.5 Å². The Balaban J connectivity index is 1.83. The van der Waals surface area contributed by atoms with Crippen LogP contribution >= 0.6 is 0 Å². The van der Waals surface area contributed by atoms with Crippen molar-refractivity contribution in [1.29, 1.82) is 0 Å². The Labute approximate surface area is 111 Å². The van der Waals surface area contributed by atoms with Crippen molar-refractivity contribution in [1.82, 2.24) is 5.32 Å². The Morgan fingerprint density at radius 2 is 2.26 bits per heavy atom. The molecule has 2 N–H and O–H groups in total. The van der Waals surface area contributed by atoms with Gasteiger partial charge in [0.15, 0.2) is 5.76 Å². The van der Waals surface area contributed by atoms with Gasteiger partial charge >= 0.3 is 0 Å². The first-order valence-electron chi connectivity index (χ1n) is 6.14. The molecule has 2 rings (SSSR count). The van der Waals surface area contributed by atoms with Crippen LogP contribution in [0.25, 0.3) is 0 Å². The number of aryl methyl sites for hydroxylation is 2. The van der Waals surface area contributed by atoms with Crippen molar-refractivity contribution in [3.05, 3.63) is 47.3 Å². The predicted octanol–water partition coefficient (Wildman–Crippen LogP) is 2.34. The zero-order valence-electron chi connectivity index (χ0n) is 11.0. The van der Waals surface area contributed by atoms with E-state index in [0.29, 0.717) is 18.7 Å². The summed E-state index contributed by atoms with van der Waals surface area (Å²) in [5.41, 5.74) is 0.768. The van der Waals surface area contributed by atoms with E-state index < -0.39 is 6.10 Å². The van der Waals surface area contributed by atoms with Crippen LogP contribution in [0.2, 0.25) is 0 Å². The third-order valence-electron chi connectivity index (χ3n) is 2.89. The maximum absolute atomic E-state index is 11.6. The lowest BCUT2D eigenvalue weighted by Gasteiger charge is -2.09. The summed E-state index contributed by atoms with van der Waals surface area (Å²) >= 11 is 0. The zero-order valence-corrected chi connectivity index (χ0v) is 11.0. The van der Waals surface area contributed by atoms with Crippen LogP contribution in [0.1, 0.15) is 40.2 Å². The Morgan fingerprint density at radius 3 is 2.84 bits per heavy atom. The third kappa shape index (κ3) is 3.26. The number of carbonyl (C=O) groups excluding carboxylic acids is 1. The molecule has 5 heteroatoms. The average molecular weight is 263 g/mol. The van der Waals surface area contributed by atoms with Crippen LogP contribution in [0.4, 0.5) is 0 Å². The van der Waals surface area contributed by atoms with Crippen LogP contribution in [0.5, 0.6) is 0 Å². The Bertz CT molecular complexity index is 542. The van der Waals surface area contributed by atoms with Gasteiger partial charge in [-0.05, 0) is 38.5 Å². The van der Waals surface area contributed by atoms with E-state index in [1.807, 2.05) is 19.9 Å². The molecule has 0 spiro atoms. The fourth-order valence-electron chi connectivity index (χ4n) is 1.95. The Morgan fingerprint density at radius 1 is 1.47 bits per heavy atom. The quantitative estimate of drug-likeness (QED) is 0.868. The van der Waals surface area contributed by atoms with E-state index in [-0.39, 0.29) is 11.7 Å². The molecule has 2 aromatic heterocycles. The molecule has 0 aliphatic heterocycles. The SMILES string of the molecule is Cc1cc([C@H](O)CCNC(=O)c2ccco2)c(C)o1. The second-order valence-electron chi connectivity index (χ2n) is 4.41. The summed E-state index contributed by atoms with van der Waals surface area (Å²) in [5.74, 6) is 1.47. The molecule has 0 fully saturated rings. The molecule has 1 amide bonds. The number of furan rings is 2. The van der Waals surface area contributed by atoms with Crippen molar-refractivity contribution in [3.63, 3.8) is 0 Å². The molecule has 5 nitrogen and oxygen atoms in total. The summed E-state index contributed by atoms with van der Waals surface area (Å²) in [7, 11) is 0. The standard InChI is InChI=1S/C14H17NO4/c1-9-8-11(10(2)19-9)12(16)5-6-15-14(17)13-4-3-7-18-13/h3-4,7-8,12,16H,5-6H2,1-2H3,(H,15,17)/t12-/m1/s1. The molecular weight excluding hydrogens is 246 g/mol. The first-order chi connectivity index (χ1) is 9.08. The van der Waals surface area contributed by atoms with Gasteiger partial charge < -0.3 is 19.3 Å². The van der Waals surface area contributed by atoms with Crippen LogP contribution in [-0.4, -0.2) is 17.6 Å². The summed E-state index contributed by atoms with van der Waals surface area (Å²) in [5, 5.41) is 12.7. The molecule has 102 valence electrons. The highest BCUT2D eigenvalue weighted by Crippen LogP contribution is 2.23. The van der Waals surface area contributed by atoms with E-state index in [0.717, 1.165) is 11.3 Å². The van der Waals surface area contributed by atoms with Crippen LogP contribution in [0.15, 0.2) is 33.3 Å². The Hall–Kier alpha value is -2.01. The third-order valence-corrected chi connectivity index (χ3v) is 2.89. The number of aliphatic hydroxyl groups excluding tert-OH is 1. The van der Waals surface area contributed by atoms with Gasteiger partial charge in [-0.25, -0.2) is 0 Å². The molecule has 1 atom stereocenters. The minimum absolute atomic E-state index is 0.268. The number of rotatable bonds is 5. The number of hydrogen-bond donors (Lipinski definition) is 2.